The third-order valence-electron chi connectivity index (χ3n) is 3.16. The lowest BCUT2D eigenvalue weighted by molar-refractivity contribution is -0.142. The molecular formula is C16H15BrN2O5. The predicted molar refractivity (Wildman–Crippen MR) is 88.1 cm³/mol. The van der Waals surface area contributed by atoms with Crippen LogP contribution in [0.25, 0.3) is 0 Å². The minimum absolute atomic E-state index is 0.00501. The average Bonchev–Trinajstić information content (AvgIpc) is 2.58. The van der Waals surface area contributed by atoms with E-state index in [9.17, 15) is 19.8 Å². The number of carbonyl (C=O) groups is 2. The zero-order valence-corrected chi connectivity index (χ0v) is 14.0. The van der Waals surface area contributed by atoms with Crippen LogP contribution in [0.5, 0.6) is 0 Å². The molecule has 24 heavy (non-hydrogen) atoms. The lowest BCUT2D eigenvalue weighted by Gasteiger charge is -2.20. The van der Waals surface area contributed by atoms with Gasteiger partial charge in [0.05, 0.1) is 0 Å². The number of alkyl carbamates (subject to hydrolysis) is 1. The van der Waals surface area contributed by atoms with Crippen LogP contribution in [-0.2, 0) is 16.1 Å². The quantitative estimate of drug-likeness (QED) is 0.648. The normalized spacial score (nSPS) is 12.9. The summed E-state index contributed by atoms with van der Waals surface area (Å²) in [7, 11) is 0. The number of ether oxygens (including phenoxy) is 1. The molecule has 2 atom stereocenters. The Hall–Kier alpha value is -2.45. The van der Waals surface area contributed by atoms with Gasteiger partial charge < -0.3 is 20.3 Å². The molecule has 126 valence electrons. The van der Waals surface area contributed by atoms with Crippen LogP contribution in [0, 0.1) is 0 Å². The lowest BCUT2D eigenvalue weighted by atomic mass is 10.0. The summed E-state index contributed by atoms with van der Waals surface area (Å²) in [6.45, 7) is -0.00501. The standard InChI is InChI=1S/C16H15BrN2O5/c17-12-7-6-11(8-18-12)14(20)13(15(21)22)19-16(23)24-9-10-4-2-1-3-5-10/h1-8,13-14,20H,9H2,(H,19,23)(H,21,22). The molecule has 2 rings (SSSR count). The number of aliphatic hydroxyl groups is 1. The summed E-state index contributed by atoms with van der Waals surface area (Å²) < 4.78 is 5.51. The lowest BCUT2D eigenvalue weighted by Crippen LogP contribution is -2.45. The van der Waals surface area contributed by atoms with Gasteiger partial charge in [0, 0.05) is 11.8 Å². The van der Waals surface area contributed by atoms with Crippen molar-refractivity contribution in [3.05, 3.63) is 64.4 Å². The Balaban J connectivity index is 1.98. The van der Waals surface area contributed by atoms with E-state index in [4.69, 9.17) is 4.74 Å². The second-order valence-corrected chi connectivity index (χ2v) is 5.69. The highest BCUT2D eigenvalue weighted by Gasteiger charge is 2.30. The Morgan fingerprint density at radius 3 is 2.50 bits per heavy atom. The first-order chi connectivity index (χ1) is 11.5. The van der Waals surface area contributed by atoms with Crippen LogP contribution in [0.4, 0.5) is 4.79 Å². The molecule has 7 nitrogen and oxygen atoms in total. The zero-order valence-electron chi connectivity index (χ0n) is 12.4. The number of nitrogens with zero attached hydrogens (tertiary/aromatic N) is 1. The number of carboxylic acids is 1. The average molecular weight is 395 g/mol. The van der Waals surface area contributed by atoms with Crippen molar-refractivity contribution in [2.45, 2.75) is 18.8 Å². The van der Waals surface area contributed by atoms with Gasteiger partial charge in [-0.25, -0.2) is 14.6 Å². The molecule has 1 aromatic carbocycles. The molecule has 2 unspecified atom stereocenters. The fourth-order valence-corrected chi connectivity index (χ4v) is 2.16. The maximum absolute atomic E-state index is 11.8. The second-order valence-electron chi connectivity index (χ2n) is 4.88. The Morgan fingerprint density at radius 2 is 1.92 bits per heavy atom. The molecule has 1 amide bonds. The molecule has 0 aliphatic rings. The summed E-state index contributed by atoms with van der Waals surface area (Å²) in [4.78, 5) is 27.0. The van der Waals surface area contributed by atoms with Crippen LogP contribution in [0.15, 0.2) is 53.3 Å². The fraction of sp³-hybridized carbons (Fsp3) is 0.188. The molecular weight excluding hydrogens is 380 g/mol. The first-order valence-corrected chi connectivity index (χ1v) is 7.76. The summed E-state index contributed by atoms with van der Waals surface area (Å²) in [5, 5.41) is 21.6. The number of aromatic nitrogens is 1. The van der Waals surface area contributed by atoms with Crippen LogP contribution in [0.2, 0.25) is 0 Å². The molecule has 0 aliphatic carbocycles. The number of aliphatic carboxylic acids is 1. The highest BCUT2D eigenvalue weighted by molar-refractivity contribution is 9.10. The summed E-state index contributed by atoms with van der Waals surface area (Å²) in [5.41, 5.74) is 1.02. The molecule has 0 aliphatic heterocycles. The van der Waals surface area contributed by atoms with Crippen molar-refractivity contribution in [2.24, 2.45) is 0 Å². The molecule has 0 saturated carbocycles. The van der Waals surface area contributed by atoms with Gasteiger partial charge in [0.15, 0.2) is 6.04 Å². The largest absolute Gasteiger partial charge is 0.480 e. The molecule has 2 aromatic rings. The molecule has 3 N–H and O–H groups in total. The smallest absolute Gasteiger partial charge is 0.408 e. The molecule has 1 aromatic heterocycles. The van der Waals surface area contributed by atoms with Crippen LogP contribution in [0.3, 0.4) is 0 Å². The van der Waals surface area contributed by atoms with Gasteiger partial charge in [-0.15, -0.1) is 0 Å². The number of carboxylic acid groups (broad SMARTS) is 1. The van der Waals surface area contributed by atoms with Gasteiger partial charge in [-0.2, -0.15) is 0 Å². The molecule has 0 radical (unpaired) electrons. The van der Waals surface area contributed by atoms with Crippen molar-refractivity contribution >= 4 is 28.0 Å². The number of carbonyl (C=O) groups excluding carboxylic acids is 1. The summed E-state index contributed by atoms with van der Waals surface area (Å²) in [6, 6.07) is 10.5. The number of rotatable bonds is 6. The van der Waals surface area contributed by atoms with Gasteiger partial charge in [0.25, 0.3) is 0 Å². The van der Waals surface area contributed by atoms with E-state index in [0.717, 1.165) is 5.56 Å². The van der Waals surface area contributed by atoms with E-state index in [1.807, 2.05) is 6.07 Å². The van der Waals surface area contributed by atoms with E-state index >= 15 is 0 Å². The number of hydrogen-bond acceptors (Lipinski definition) is 5. The predicted octanol–water partition coefficient (Wildman–Crippen LogP) is 2.26. The maximum Gasteiger partial charge on any atom is 0.408 e. The van der Waals surface area contributed by atoms with E-state index in [1.165, 1.54) is 12.3 Å². The van der Waals surface area contributed by atoms with Crippen molar-refractivity contribution in [3.8, 4) is 0 Å². The summed E-state index contributed by atoms with van der Waals surface area (Å²) in [6.07, 6.45) is -1.08. The van der Waals surface area contributed by atoms with Crippen molar-refractivity contribution in [1.82, 2.24) is 10.3 Å². The SMILES string of the molecule is O=C(NC(C(=O)O)C(O)c1ccc(Br)nc1)OCc1ccccc1. The van der Waals surface area contributed by atoms with Gasteiger partial charge >= 0.3 is 12.1 Å². The van der Waals surface area contributed by atoms with Crippen LogP contribution in [-0.4, -0.2) is 33.3 Å². The Morgan fingerprint density at radius 1 is 1.21 bits per heavy atom. The second kappa shape index (κ2) is 8.42. The van der Waals surface area contributed by atoms with Crippen LogP contribution >= 0.6 is 15.9 Å². The molecule has 0 fully saturated rings. The van der Waals surface area contributed by atoms with Crippen LogP contribution < -0.4 is 5.32 Å². The van der Waals surface area contributed by atoms with E-state index in [2.05, 4.69) is 26.2 Å². The van der Waals surface area contributed by atoms with E-state index in [1.54, 1.807) is 30.3 Å². The summed E-state index contributed by atoms with van der Waals surface area (Å²) in [5.74, 6) is -1.39. The van der Waals surface area contributed by atoms with Gasteiger partial charge in [0.1, 0.15) is 17.3 Å². The Labute approximate surface area is 146 Å². The highest BCUT2D eigenvalue weighted by atomic mass is 79.9. The van der Waals surface area contributed by atoms with Crippen LogP contribution in [0.1, 0.15) is 17.2 Å². The minimum atomic E-state index is -1.56. The van der Waals surface area contributed by atoms with E-state index in [-0.39, 0.29) is 12.2 Å². The number of halogens is 1. The third kappa shape index (κ3) is 5.04. The van der Waals surface area contributed by atoms with E-state index in [0.29, 0.717) is 4.60 Å². The van der Waals surface area contributed by atoms with Crippen molar-refractivity contribution in [1.29, 1.82) is 0 Å². The van der Waals surface area contributed by atoms with Crippen molar-refractivity contribution in [3.63, 3.8) is 0 Å². The van der Waals surface area contributed by atoms with Gasteiger partial charge in [-0.3, -0.25) is 0 Å². The number of amides is 1. The van der Waals surface area contributed by atoms with Gasteiger partial charge in [0.2, 0.25) is 0 Å². The topological polar surface area (TPSA) is 109 Å². The fourth-order valence-electron chi connectivity index (χ4n) is 1.92. The van der Waals surface area contributed by atoms with Gasteiger partial charge in [-0.05, 0) is 27.6 Å². The minimum Gasteiger partial charge on any atom is -0.480 e. The summed E-state index contributed by atoms with van der Waals surface area (Å²) >= 11 is 3.14. The van der Waals surface area contributed by atoms with Crippen molar-refractivity contribution in [2.75, 3.05) is 0 Å². The molecule has 0 spiro atoms. The molecule has 0 bridgehead atoms. The number of nitrogens with one attached hydrogen (secondary N) is 1. The first kappa shape index (κ1) is 17.9. The molecule has 1 heterocycles. The number of hydrogen-bond donors (Lipinski definition) is 3. The zero-order chi connectivity index (χ0) is 17.5. The third-order valence-corrected chi connectivity index (χ3v) is 3.63. The number of benzene rings is 1. The Kier molecular flexibility index (Phi) is 6.28. The highest BCUT2D eigenvalue weighted by Crippen LogP contribution is 2.18. The van der Waals surface area contributed by atoms with E-state index < -0.39 is 24.2 Å². The molecule has 0 saturated heterocycles. The Bertz CT molecular complexity index is 693. The van der Waals surface area contributed by atoms with Gasteiger partial charge in [-0.1, -0.05) is 36.4 Å². The maximum atomic E-state index is 11.8. The number of aliphatic hydroxyl groups excluding tert-OH is 1. The molecule has 8 heteroatoms. The first-order valence-electron chi connectivity index (χ1n) is 6.97. The monoisotopic (exact) mass is 394 g/mol. The number of pyridine rings is 1. The van der Waals surface area contributed by atoms with Crippen molar-refractivity contribution < 1.29 is 24.5 Å².